The van der Waals surface area contributed by atoms with Gasteiger partial charge in [-0.15, -0.1) is 0 Å². The summed E-state index contributed by atoms with van der Waals surface area (Å²) in [4.78, 5) is 33.9. The first kappa shape index (κ1) is 40.0. The maximum atomic E-state index is 16.2. The van der Waals surface area contributed by atoms with Crippen molar-refractivity contribution in [1.82, 2.24) is 29.1 Å². The predicted octanol–water partition coefficient (Wildman–Crippen LogP) is 5.99. The fourth-order valence-electron chi connectivity index (χ4n) is 8.25. The number of hydrogen-bond acceptors (Lipinski definition) is 9. The molecule has 1 unspecified atom stereocenters. The van der Waals surface area contributed by atoms with Crippen LogP contribution < -0.4 is 25.5 Å². The summed E-state index contributed by atoms with van der Waals surface area (Å²) >= 11 is 6.61. The van der Waals surface area contributed by atoms with E-state index in [-0.39, 0.29) is 61.8 Å². The fourth-order valence-corrected chi connectivity index (χ4v) is 8.98. The summed E-state index contributed by atoms with van der Waals surface area (Å²) in [7, 11) is -0.00679. The summed E-state index contributed by atoms with van der Waals surface area (Å²) < 4.78 is 132. The number of aryl methyl sites for hydroxylation is 1. The Bertz CT molecular complexity index is 2920. The summed E-state index contributed by atoms with van der Waals surface area (Å²) in [5.74, 6) is -12.1. The number of ether oxygens (including phenoxy) is 2. The van der Waals surface area contributed by atoms with Gasteiger partial charge in [0.1, 0.15) is 51.8 Å². The van der Waals surface area contributed by atoms with Gasteiger partial charge in [-0.2, -0.15) is 19.0 Å². The number of aromatic nitrogens is 6. The van der Waals surface area contributed by atoms with Gasteiger partial charge in [0.2, 0.25) is 15.9 Å². The number of carbonyl (C=O) groups excluding carboxylic acids is 1. The zero-order chi connectivity index (χ0) is 42.6. The highest BCUT2D eigenvalue weighted by Gasteiger charge is 2.67. The van der Waals surface area contributed by atoms with Crippen molar-refractivity contribution < 1.29 is 49.0 Å². The fraction of sp³-hybridized carbons (Fsp3) is 0.324. The number of methoxy groups -OCH3 is 2. The SMILES string of the molecule is COc1cc(OC)c2c(=O)n(-c3ccc(Cl)c4c(NS(C)(=O)=O)nn(C)c34)c([C@@H](Cc3cc(F)cc(F)c3)C(C(N)=O)n3nc(C(F)F)c4c3C(F)(F)[C@@H]3C[C@H]43)nc2c1. The lowest BCUT2D eigenvalue weighted by molar-refractivity contribution is -0.122. The minimum atomic E-state index is -3.97. The molecule has 1 amide bonds. The van der Waals surface area contributed by atoms with E-state index < -0.39 is 98.5 Å². The van der Waals surface area contributed by atoms with Crippen LogP contribution in [0.1, 0.15) is 59.1 Å². The number of alkyl halides is 4. The van der Waals surface area contributed by atoms with Crippen molar-refractivity contribution in [3.05, 3.63) is 97.8 Å². The minimum Gasteiger partial charge on any atom is -0.497 e. The molecule has 0 saturated heterocycles. The molecule has 3 aromatic heterocycles. The third kappa shape index (κ3) is 6.50. The van der Waals surface area contributed by atoms with Crippen LogP contribution in [0.2, 0.25) is 5.02 Å². The molecule has 1 saturated carbocycles. The molecule has 4 atom stereocenters. The van der Waals surface area contributed by atoms with Crippen LogP contribution in [0.5, 0.6) is 11.5 Å². The van der Waals surface area contributed by atoms with E-state index in [2.05, 4.69) is 14.9 Å². The Kier molecular flexibility index (Phi) is 9.41. The Morgan fingerprint density at radius 1 is 1.07 bits per heavy atom. The molecular weight excluding hydrogens is 834 g/mol. The molecule has 0 radical (unpaired) electrons. The highest BCUT2D eigenvalue weighted by molar-refractivity contribution is 7.92. The largest absolute Gasteiger partial charge is 0.497 e. The topological polar surface area (TPSA) is 178 Å². The lowest BCUT2D eigenvalue weighted by Gasteiger charge is -2.30. The quantitative estimate of drug-likeness (QED) is 0.140. The number of primary amides is 1. The summed E-state index contributed by atoms with van der Waals surface area (Å²) in [6.45, 7) is 0. The predicted molar refractivity (Wildman–Crippen MR) is 201 cm³/mol. The molecule has 1 fully saturated rings. The maximum Gasteiger partial charge on any atom is 0.293 e. The van der Waals surface area contributed by atoms with E-state index in [1.165, 1.54) is 50.2 Å². The van der Waals surface area contributed by atoms with Gasteiger partial charge < -0.3 is 15.2 Å². The van der Waals surface area contributed by atoms with E-state index in [1.54, 1.807) is 0 Å². The molecule has 3 N–H and O–H groups in total. The second-order valence-electron chi connectivity index (χ2n) is 14.4. The Balaban J connectivity index is 1.52. The first-order valence-corrected chi connectivity index (χ1v) is 19.9. The van der Waals surface area contributed by atoms with E-state index in [0.29, 0.717) is 10.7 Å². The first-order valence-electron chi connectivity index (χ1n) is 17.6. The van der Waals surface area contributed by atoms with Gasteiger partial charge in [0.15, 0.2) is 5.82 Å². The molecule has 3 aromatic carbocycles. The summed E-state index contributed by atoms with van der Waals surface area (Å²) in [6.07, 6.45) is -3.28. The lowest BCUT2D eigenvalue weighted by Crippen LogP contribution is -2.39. The number of halogens is 7. The van der Waals surface area contributed by atoms with Crippen molar-refractivity contribution in [3.8, 4) is 17.2 Å². The number of carbonyl (C=O) groups is 1. The Morgan fingerprint density at radius 2 is 1.76 bits per heavy atom. The number of fused-ring (bicyclic) bond motifs is 5. The standard InChI is InChI=1S/C37H31ClF6N8O6S/c1-50-30-23(6-5-21(38)26(30)34(48-50)49-59(4,55)56)51-35(46-22-11-17(57-2)12-24(58-3)27(22)36(51)54)19(9-14-7-15(39)10-16(40)8-14)29(33(45)53)52-31-25(28(47-52)32(41)42)18-13-20(18)37(31,43)44/h5-8,10-12,18-20,29,32H,9,13H2,1-4H3,(H2,45,53)(H,48,49)/t18-,19-,20+,29?/m0/s1. The molecule has 59 heavy (non-hydrogen) atoms. The Labute approximate surface area is 334 Å². The number of benzene rings is 3. The number of nitrogens with one attached hydrogen (secondary N) is 1. The van der Waals surface area contributed by atoms with Gasteiger partial charge in [-0.3, -0.25) is 23.6 Å². The molecule has 6 aromatic rings. The second-order valence-corrected chi connectivity index (χ2v) is 16.5. The number of sulfonamides is 1. The molecule has 8 rings (SSSR count). The van der Waals surface area contributed by atoms with Crippen LogP contribution >= 0.6 is 11.6 Å². The van der Waals surface area contributed by atoms with E-state index in [0.717, 1.165) is 23.0 Å². The number of rotatable bonds is 12. The lowest BCUT2D eigenvalue weighted by atomic mass is 9.89. The van der Waals surface area contributed by atoms with Gasteiger partial charge in [-0.05, 0) is 48.6 Å². The molecular formula is C37H31ClF6N8O6S. The molecule has 0 aliphatic heterocycles. The van der Waals surface area contributed by atoms with E-state index in [4.69, 9.17) is 31.8 Å². The summed E-state index contributed by atoms with van der Waals surface area (Å²) in [6, 6.07) is 5.47. The average Bonchev–Trinajstić information content (AvgIpc) is 3.67. The molecule has 310 valence electrons. The molecule has 0 spiro atoms. The zero-order valence-corrected chi connectivity index (χ0v) is 32.7. The summed E-state index contributed by atoms with van der Waals surface area (Å²) in [5, 5.41) is 7.92. The normalized spacial score (nSPS) is 17.9. The van der Waals surface area contributed by atoms with Crippen LogP contribution in [0.4, 0.5) is 32.2 Å². The number of nitrogens with two attached hydrogens (primary N) is 1. The van der Waals surface area contributed by atoms with Gasteiger partial charge in [0.05, 0.1) is 53.5 Å². The number of anilines is 1. The van der Waals surface area contributed by atoms with Gasteiger partial charge in [0, 0.05) is 36.7 Å². The molecule has 0 bridgehead atoms. The first-order chi connectivity index (χ1) is 27.7. The number of amides is 1. The highest BCUT2D eigenvalue weighted by Crippen LogP contribution is 2.68. The second kappa shape index (κ2) is 13.9. The summed E-state index contributed by atoms with van der Waals surface area (Å²) in [5.41, 5.74) is 2.23. The van der Waals surface area contributed by atoms with Crippen LogP contribution in [0, 0.1) is 17.6 Å². The van der Waals surface area contributed by atoms with Crippen molar-refractivity contribution in [2.75, 3.05) is 25.2 Å². The molecule has 2 aliphatic carbocycles. The zero-order valence-electron chi connectivity index (χ0n) is 31.1. The monoisotopic (exact) mass is 864 g/mol. The van der Waals surface area contributed by atoms with Crippen molar-refractivity contribution in [3.63, 3.8) is 0 Å². The number of hydrogen-bond donors (Lipinski definition) is 2. The maximum absolute atomic E-state index is 16.2. The van der Waals surface area contributed by atoms with E-state index in [1.807, 2.05) is 0 Å². The molecule has 14 nitrogen and oxygen atoms in total. The minimum absolute atomic E-state index is 0.00149. The smallest absolute Gasteiger partial charge is 0.293 e. The van der Waals surface area contributed by atoms with Crippen molar-refractivity contribution in [2.45, 2.75) is 43.1 Å². The van der Waals surface area contributed by atoms with E-state index in [9.17, 15) is 30.8 Å². The average molecular weight is 865 g/mol. The molecule has 22 heteroatoms. The third-order valence-corrected chi connectivity index (χ3v) is 11.5. The van der Waals surface area contributed by atoms with Crippen molar-refractivity contribution in [2.24, 2.45) is 18.7 Å². The Morgan fingerprint density at radius 3 is 2.37 bits per heavy atom. The van der Waals surface area contributed by atoms with Gasteiger partial charge in [-0.25, -0.2) is 35.6 Å². The Hall–Kier alpha value is -5.83. The van der Waals surface area contributed by atoms with Gasteiger partial charge in [-0.1, -0.05) is 11.6 Å². The van der Waals surface area contributed by atoms with Crippen LogP contribution in [0.25, 0.3) is 27.5 Å². The van der Waals surface area contributed by atoms with E-state index >= 15 is 13.6 Å². The van der Waals surface area contributed by atoms with Crippen LogP contribution in [-0.2, 0) is 34.2 Å². The molecule has 3 heterocycles. The van der Waals surface area contributed by atoms with Gasteiger partial charge in [0.25, 0.3) is 17.9 Å². The highest BCUT2D eigenvalue weighted by atomic mass is 35.5. The van der Waals surface area contributed by atoms with Crippen LogP contribution in [0.15, 0.2) is 47.3 Å². The molecule has 2 aliphatic rings. The van der Waals surface area contributed by atoms with Crippen LogP contribution in [-0.4, -0.2) is 63.9 Å². The van der Waals surface area contributed by atoms with Crippen molar-refractivity contribution in [1.29, 1.82) is 0 Å². The number of nitrogens with zero attached hydrogens (tertiary/aromatic N) is 6. The van der Waals surface area contributed by atoms with Gasteiger partial charge >= 0.3 is 0 Å². The van der Waals surface area contributed by atoms with Crippen molar-refractivity contribution >= 4 is 55.2 Å². The van der Waals surface area contributed by atoms with Crippen LogP contribution in [0.3, 0.4) is 0 Å². The third-order valence-electron chi connectivity index (χ3n) is 10.6.